The van der Waals surface area contributed by atoms with Crippen LogP contribution in [0.1, 0.15) is 46.1 Å². The van der Waals surface area contributed by atoms with E-state index in [0.717, 1.165) is 24.9 Å². The van der Waals surface area contributed by atoms with Crippen molar-refractivity contribution in [3.05, 3.63) is 35.6 Å². The van der Waals surface area contributed by atoms with Crippen LogP contribution >= 0.6 is 0 Å². The van der Waals surface area contributed by atoms with Crippen molar-refractivity contribution in [2.75, 3.05) is 13.6 Å². The molecule has 0 bridgehead atoms. The molecule has 1 rings (SSSR count). The Morgan fingerprint density at radius 2 is 1.90 bits per heavy atom. The van der Waals surface area contributed by atoms with Crippen molar-refractivity contribution >= 4 is 0 Å². The second-order valence-electron chi connectivity index (χ2n) is 6.58. The highest BCUT2D eigenvalue weighted by Crippen LogP contribution is 2.13. The van der Waals surface area contributed by atoms with Gasteiger partial charge in [-0.15, -0.1) is 0 Å². The van der Waals surface area contributed by atoms with E-state index in [0.29, 0.717) is 12.6 Å². The molecule has 3 heteroatoms. The first kappa shape index (κ1) is 17.1. The molecule has 0 fully saturated rings. The van der Waals surface area contributed by atoms with Crippen molar-refractivity contribution in [2.24, 2.45) is 0 Å². The molecule has 1 aromatic carbocycles. The number of hydrogen-bond acceptors (Lipinski definition) is 2. The average Bonchev–Trinajstić information content (AvgIpc) is 2.36. The molecule has 1 aromatic rings. The molecule has 1 atom stereocenters. The van der Waals surface area contributed by atoms with E-state index in [1.807, 2.05) is 12.1 Å². The van der Waals surface area contributed by atoms with E-state index in [1.165, 1.54) is 6.07 Å². The lowest BCUT2D eigenvalue weighted by molar-refractivity contribution is 0.200. The normalized spacial score (nSPS) is 13.8. The van der Waals surface area contributed by atoms with Gasteiger partial charge >= 0.3 is 0 Å². The Morgan fingerprint density at radius 1 is 1.25 bits per heavy atom. The van der Waals surface area contributed by atoms with Gasteiger partial charge in [0, 0.05) is 30.2 Å². The quantitative estimate of drug-likeness (QED) is 0.817. The van der Waals surface area contributed by atoms with Crippen LogP contribution in [-0.4, -0.2) is 30.1 Å². The summed E-state index contributed by atoms with van der Waals surface area (Å²) in [5.74, 6) is -0.113. The number of nitrogens with zero attached hydrogens (tertiary/aromatic N) is 1. The third-order valence-electron chi connectivity index (χ3n) is 3.49. The van der Waals surface area contributed by atoms with E-state index in [2.05, 4.69) is 45.0 Å². The maximum Gasteiger partial charge on any atom is 0.127 e. The fourth-order valence-corrected chi connectivity index (χ4v) is 2.26. The van der Waals surface area contributed by atoms with Crippen molar-refractivity contribution in [1.82, 2.24) is 10.2 Å². The van der Waals surface area contributed by atoms with Gasteiger partial charge < -0.3 is 5.32 Å². The molecule has 1 unspecified atom stereocenters. The number of likely N-dealkylation sites (N-methyl/N-ethyl adjacent to an activating group) is 1. The minimum Gasteiger partial charge on any atom is -0.311 e. The summed E-state index contributed by atoms with van der Waals surface area (Å²) in [6.07, 6.45) is 2.26. The molecule has 0 aliphatic rings. The molecule has 20 heavy (non-hydrogen) atoms. The van der Waals surface area contributed by atoms with E-state index in [1.54, 1.807) is 6.07 Å². The summed E-state index contributed by atoms with van der Waals surface area (Å²) in [4.78, 5) is 2.25. The number of hydrogen-bond donors (Lipinski definition) is 1. The number of halogens is 1. The summed E-state index contributed by atoms with van der Waals surface area (Å²) < 4.78 is 13.7. The Bertz CT molecular complexity index is 398. The van der Waals surface area contributed by atoms with Gasteiger partial charge in [-0.2, -0.15) is 0 Å². The molecule has 0 saturated carbocycles. The number of rotatable bonds is 7. The number of benzene rings is 1. The van der Waals surface area contributed by atoms with Crippen molar-refractivity contribution in [3.8, 4) is 0 Å². The van der Waals surface area contributed by atoms with Gasteiger partial charge in [0.15, 0.2) is 0 Å². The molecule has 0 aromatic heterocycles. The zero-order valence-corrected chi connectivity index (χ0v) is 13.5. The molecule has 2 nitrogen and oxygen atoms in total. The highest BCUT2D eigenvalue weighted by Gasteiger charge is 2.18. The van der Waals surface area contributed by atoms with Crippen molar-refractivity contribution < 1.29 is 4.39 Å². The summed E-state index contributed by atoms with van der Waals surface area (Å²) in [6.45, 7) is 10.3. The van der Waals surface area contributed by atoms with Crippen molar-refractivity contribution in [1.29, 1.82) is 0 Å². The monoisotopic (exact) mass is 280 g/mol. The van der Waals surface area contributed by atoms with Crippen LogP contribution in [0.25, 0.3) is 0 Å². The largest absolute Gasteiger partial charge is 0.311 e. The summed E-state index contributed by atoms with van der Waals surface area (Å²) in [6, 6.07) is 7.47. The van der Waals surface area contributed by atoms with Crippen LogP contribution in [0.15, 0.2) is 24.3 Å². The maximum atomic E-state index is 13.7. The molecule has 0 aliphatic carbocycles. The SMILES string of the molecule is CCCC(CNC(C)(C)C)N(C)Cc1ccccc1F. The molecule has 0 saturated heterocycles. The van der Waals surface area contributed by atoms with E-state index in [9.17, 15) is 4.39 Å². The Hall–Kier alpha value is -0.930. The van der Waals surface area contributed by atoms with Gasteiger partial charge in [0.1, 0.15) is 5.82 Å². The minimum atomic E-state index is -0.113. The molecule has 0 spiro atoms. The summed E-state index contributed by atoms with van der Waals surface area (Å²) in [5, 5.41) is 3.55. The highest BCUT2D eigenvalue weighted by molar-refractivity contribution is 5.17. The summed E-state index contributed by atoms with van der Waals surface area (Å²) in [7, 11) is 2.08. The lowest BCUT2D eigenvalue weighted by atomic mass is 10.1. The van der Waals surface area contributed by atoms with Gasteiger partial charge in [0.05, 0.1) is 0 Å². The van der Waals surface area contributed by atoms with Gasteiger partial charge in [-0.05, 0) is 40.3 Å². The Morgan fingerprint density at radius 3 is 2.45 bits per heavy atom. The van der Waals surface area contributed by atoms with Crippen molar-refractivity contribution in [3.63, 3.8) is 0 Å². The highest BCUT2D eigenvalue weighted by atomic mass is 19.1. The predicted octanol–water partition coefficient (Wildman–Crippen LogP) is 3.81. The first-order chi connectivity index (χ1) is 9.33. The van der Waals surface area contributed by atoms with Gasteiger partial charge in [-0.25, -0.2) is 4.39 Å². The molecule has 114 valence electrons. The topological polar surface area (TPSA) is 15.3 Å². The number of nitrogens with one attached hydrogen (secondary N) is 1. The molecule has 1 N–H and O–H groups in total. The van der Waals surface area contributed by atoms with E-state index in [-0.39, 0.29) is 11.4 Å². The van der Waals surface area contributed by atoms with Crippen LogP contribution in [0.5, 0.6) is 0 Å². The first-order valence-corrected chi connectivity index (χ1v) is 7.52. The van der Waals surface area contributed by atoms with Gasteiger partial charge in [-0.1, -0.05) is 31.5 Å². The van der Waals surface area contributed by atoms with E-state index >= 15 is 0 Å². The lowest BCUT2D eigenvalue weighted by Crippen LogP contribution is -2.46. The van der Waals surface area contributed by atoms with Crippen LogP contribution in [0, 0.1) is 5.82 Å². The summed E-state index contributed by atoms with van der Waals surface area (Å²) >= 11 is 0. The maximum absolute atomic E-state index is 13.7. The fourth-order valence-electron chi connectivity index (χ4n) is 2.26. The minimum absolute atomic E-state index is 0.113. The molecule has 0 amide bonds. The van der Waals surface area contributed by atoms with E-state index in [4.69, 9.17) is 0 Å². The smallest absolute Gasteiger partial charge is 0.127 e. The van der Waals surface area contributed by atoms with Gasteiger partial charge in [-0.3, -0.25) is 4.90 Å². The molecule has 0 radical (unpaired) electrons. The van der Waals surface area contributed by atoms with Crippen LogP contribution in [-0.2, 0) is 6.54 Å². The zero-order valence-electron chi connectivity index (χ0n) is 13.5. The summed E-state index contributed by atoms with van der Waals surface area (Å²) in [5.41, 5.74) is 0.886. The standard InChI is InChI=1S/C17H29FN2/c1-6-9-15(12-19-17(2,3)4)20(5)13-14-10-7-8-11-16(14)18/h7-8,10-11,15,19H,6,9,12-13H2,1-5H3. The molecular formula is C17H29FN2. The van der Waals surface area contributed by atoms with Crippen molar-refractivity contribution in [2.45, 2.75) is 58.7 Å². The van der Waals surface area contributed by atoms with Crippen LogP contribution in [0.3, 0.4) is 0 Å². The molecular weight excluding hydrogens is 251 g/mol. The average molecular weight is 280 g/mol. The third kappa shape index (κ3) is 6.02. The van der Waals surface area contributed by atoms with E-state index < -0.39 is 0 Å². The second kappa shape index (κ2) is 7.75. The van der Waals surface area contributed by atoms with Crippen LogP contribution < -0.4 is 5.32 Å². The second-order valence-corrected chi connectivity index (χ2v) is 6.58. The van der Waals surface area contributed by atoms with Crippen LogP contribution in [0.2, 0.25) is 0 Å². The third-order valence-corrected chi connectivity index (χ3v) is 3.49. The van der Waals surface area contributed by atoms with Gasteiger partial charge in [0.2, 0.25) is 0 Å². The molecule has 0 heterocycles. The lowest BCUT2D eigenvalue weighted by Gasteiger charge is -2.31. The predicted molar refractivity (Wildman–Crippen MR) is 84.3 cm³/mol. The Labute approximate surface area is 123 Å². The molecule has 0 aliphatic heterocycles. The van der Waals surface area contributed by atoms with Gasteiger partial charge in [0.25, 0.3) is 0 Å². The Kier molecular flexibility index (Phi) is 6.63. The van der Waals surface area contributed by atoms with Crippen LogP contribution in [0.4, 0.5) is 4.39 Å². The first-order valence-electron chi connectivity index (χ1n) is 7.52. The Balaban J connectivity index is 2.64. The fraction of sp³-hybridized carbons (Fsp3) is 0.647. The zero-order chi connectivity index (χ0) is 15.2.